The second-order valence-electron chi connectivity index (χ2n) is 9.24. The Labute approximate surface area is 194 Å². The third-order valence-electron chi connectivity index (χ3n) is 6.61. The maximum atomic E-state index is 12.5. The molecule has 4 N–H and O–H groups in total. The molecule has 1 aliphatic carbocycles. The average molecular weight is 492 g/mol. The van der Waals surface area contributed by atoms with Gasteiger partial charge in [-0.2, -0.15) is 13.2 Å². The molecule has 2 amide bonds. The normalized spacial score (nSPS) is 26.8. The maximum absolute atomic E-state index is 12.5. The van der Waals surface area contributed by atoms with Crippen LogP contribution in [0.3, 0.4) is 0 Å². The number of hydrogen-bond donors (Lipinski definition) is 4. The van der Waals surface area contributed by atoms with Gasteiger partial charge in [0.2, 0.25) is 0 Å². The number of nitrogens with zero attached hydrogens (tertiary/aromatic N) is 2. The molecular weight excluding hydrogens is 461 g/mol. The molecule has 13 heteroatoms. The number of aryl methyl sites for hydroxylation is 1. The first kappa shape index (κ1) is 27.4. The number of carboxylic acid groups (broad SMARTS) is 2. The van der Waals surface area contributed by atoms with E-state index in [2.05, 4.69) is 15.6 Å². The molecule has 1 aromatic rings. The second-order valence-corrected chi connectivity index (χ2v) is 9.24. The van der Waals surface area contributed by atoms with E-state index in [4.69, 9.17) is 14.6 Å². The number of carboxylic acids is 2. The van der Waals surface area contributed by atoms with Gasteiger partial charge in [0, 0.05) is 44.6 Å². The van der Waals surface area contributed by atoms with E-state index in [-0.39, 0.29) is 41.5 Å². The Kier molecular flexibility index (Phi) is 8.56. The first-order valence-electron chi connectivity index (χ1n) is 10.8. The lowest BCUT2D eigenvalue weighted by Crippen LogP contribution is -2.58. The van der Waals surface area contributed by atoms with Crippen molar-refractivity contribution < 1.29 is 42.5 Å². The summed E-state index contributed by atoms with van der Waals surface area (Å²) in [6.07, 6.45) is 0.469. The molecule has 1 aromatic heterocycles. The molecule has 1 saturated heterocycles. The summed E-state index contributed by atoms with van der Waals surface area (Å²) in [5, 5.41) is 22.4. The number of carbonyl (C=O) groups excluding carboxylic acids is 1. The molecule has 0 aromatic carbocycles. The van der Waals surface area contributed by atoms with Crippen LogP contribution in [-0.4, -0.2) is 62.6 Å². The van der Waals surface area contributed by atoms with Gasteiger partial charge in [-0.3, -0.25) is 4.79 Å². The van der Waals surface area contributed by atoms with Gasteiger partial charge in [-0.05, 0) is 31.1 Å². The minimum absolute atomic E-state index is 0.0221. The van der Waals surface area contributed by atoms with Crippen LogP contribution in [0.25, 0.3) is 0 Å². The number of urea groups is 1. The number of alkyl halides is 3. The summed E-state index contributed by atoms with van der Waals surface area (Å²) in [6.45, 7) is 6.46. The van der Waals surface area contributed by atoms with E-state index in [1.807, 2.05) is 38.6 Å². The smallest absolute Gasteiger partial charge is 0.481 e. The van der Waals surface area contributed by atoms with Crippen molar-refractivity contribution in [2.75, 3.05) is 6.61 Å². The lowest BCUT2D eigenvalue weighted by molar-refractivity contribution is -0.192. The molecule has 3 unspecified atom stereocenters. The Morgan fingerprint density at radius 1 is 1.26 bits per heavy atom. The Hall–Kier alpha value is -2.83. The SMILES string of the molecule is CC(NC(=O)NC1CCOC(c2nccn2C)C1)[C@@H]1C[C@H](C(=O)O)C1(C)C.O=C(O)C(F)(F)F. The number of hydrogen-bond acceptors (Lipinski definition) is 5. The van der Waals surface area contributed by atoms with Crippen molar-refractivity contribution in [3.05, 3.63) is 18.2 Å². The fourth-order valence-corrected chi connectivity index (χ4v) is 4.56. The largest absolute Gasteiger partial charge is 0.490 e. The second kappa shape index (κ2) is 10.6. The van der Waals surface area contributed by atoms with Crippen LogP contribution in [0.4, 0.5) is 18.0 Å². The molecule has 0 spiro atoms. The van der Waals surface area contributed by atoms with Gasteiger partial charge in [0.25, 0.3) is 0 Å². The summed E-state index contributed by atoms with van der Waals surface area (Å²) in [5.74, 6) is -2.84. The molecule has 2 fully saturated rings. The molecule has 2 aliphatic rings. The Morgan fingerprint density at radius 2 is 1.88 bits per heavy atom. The first-order valence-corrected chi connectivity index (χ1v) is 10.8. The van der Waals surface area contributed by atoms with Crippen LogP contribution in [0.1, 0.15) is 52.0 Å². The molecule has 3 rings (SSSR count). The maximum Gasteiger partial charge on any atom is 0.490 e. The van der Waals surface area contributed by atoms with E-state index in [0.29, 0.717) is 19.4 Å². The number of rotatable bonds is 5. The third kappa shape index (κ3) is 6.61. The van der Waals surface area contributed by atoms with Crippen LogP contribution in [0, 0.1) is 17.3 Å². The standard InChI is InChI=1S/C19H30N4O4.C2HF3O2/c1-11(13-10-14(17(24)25)19(13,2)3)21-18(26)22-12-5-8-27-15(9-12)16-20-6-7-23(16)4;3-2(4,5)1(6)7/h6-7,11-15H,5,8-10H2,1-4H3,(H,24,25)(H2,21,22,26);(H,6,7)/t11?,12?,13-,14+,15?;/m0./s1. The highest BCUT2D eigenvalue weighted by Gasteiger charge is 2.54. The zero-order chi connectivity index (χ0) is 25.8. The van der Waals surface area contributed by atoms with Crippen molar-refractivity contribution >= 4 is 18.0 Å². The number of aliphatic carboxylic acids is 2. The van der Waals surface area contributed by atoms with Crippen molar-refractivity contribution in [2.45, 2.75) is 64.4 Å². The van der Waals surface area contributed by atoms with Crippen LogP contribution in [0.5, 0.6) is 0 Å². The number of aromatic nitrogens is 2. The van der Waals surface area contributed by atoms with Gasteiger partial charge >= 0.3 is 24.1 Å². The minimum atomic E-state index is -5.08. The number of ether oxygens (including phenoxy) is 1. The summed E-state index contributed by atoms with van der Waals surface area (Å²) in [6, 6.07) is -0.267. The van der Waals surface area contributed by atoms with Crippen LogP contribution >= 0.6 is 0 Å². The van der Waals surface area contributed by atoms with E-state index in [9.17, 15) is 27.9 Å². The lowest BCUT2D eigenvalue weighted by Gasteiger charge is -2.52. The molecule has 192 valence electrons. The number of amides is 2. The van der Waals surface area contributed by atoms with Gasteiger partial charge in [-0.15, -0.1) is 0 Å². The molecule has 1 saturated carbocycles. The van der Waals surface area contributed by atoms with E-state index < -0.39 is 18.1 Å². The number of halogens is 3. The van der Waals surface area contributed by atoms with Crippen LogP contribution in [-0.2, 0) is 21.4 Å². The van der Waals surface area contributed by atoms with E-state index in [1.165, 1.54) is 0 Å². The fourth-order valence-electron chi connectivity index (χ4n) is 4.56. The average Bonchev–Trinajstić information content (AvgIpc) is 3.12. The van der Waals surface area contributed by atoms with Gasteiger partial charge in [-0.25, -0.2) is 14.6 Å². The highest BCUT2D eigenvalue weighted by atomic mass is 19.4. The molecule has 1 aliphatic heterocycles. The summed E-state index contributed by atoms with van der Waals surface area (Å²) in [7, 11) is 1.93. The molecule has 5 atom stereocenters. The van der Waals surface area contributed by atoms with Crippen molar-refractivity contribution in [2.24, 2.45) is 24.3 Å². The molecule has 0 radical (unpaired) electrons. The van der Waals surface area contributed by atoms with E-state index in [0.717, 1.165) is 12.2 Å². The molecule has 2 heterocycles. The fraction of sp³-hybridized carbons (Fsp3) is 0.714. The highest BCUT2D eigenvalue weighted by molar-refractivity contribution is 5.75. The monoisotopic (exact) mass is 492 g/mol. The van der Waals surface area contributed by atoms with Crippen molar-refractivity contribution in [3.63, 3.8) is 0 Å². The van der Waals surface area contributed by atoms with Gasteiger partial charge in [-0.1, -0.05) is 13.8 Å². The predicted molar refractivity (Wildman–Crippen MR) is 113 cm³/mol. The summed E-state index contributed by atoms with van der Waals surface area (Å²) in [5.41, 5.74) is -0.319. The van der Waals surface area contributed by atoms with Gasteiger partial charge in [0.05, 0.1) is 5.92 Å². The number of imidazole rings is 1. The lowest BCUT2D eigenvalue weighted by atomic mass is 9.53. The van der Waals surface area contributed by atoms with Crippen molar-refractivity contribution in [1.29, 1.82) is 0 Å². The van der Waals surface area contributed by atoms with Crippen LogP contribution in [0.15, 0.2) is 12.4 Å². The molecular formula is C21H31F3N4O6. The Bertz CT molecular complexity index is 888. The van der Waals surface area contributed by atoms with Crippen molar-refractivity contribution in [1.82, 2.24) is 20.2 Å². The molecule has 0 bridgehead atoms. The quantitative estimate of drug-likeness (QED) is 0.495. The topological polar surface area (TPSA) is 143 Å². The zero-order valence-corrected chi connectivity index (χ0v) is 19.4. The first-order chi connectivity index (χ1) is 15.6. The predicted octanol–water partition coefficient (Wildman–Crippen LogP) is 2.71. The molecule has 34 heavy (non-hydrogen) atoms. The van der Waals surface area contributed by atoms with E-state index in [1.54, 1.807) is 6.20 Å². The third-order valence-corrected chi connectivity index (χ3v) is 6.61. The van der Waals surface area contributed by atoms with Crippen LogP contribution in [0.2, 0.25) is 0 Å². The van der Waals surface area contributed by atoms with Crippen LogP contribution < -0.4 is 10.6 Å². The zero-order valence-electron chi connectivity index (χ0n) is 19.4. The summed E-state index contributed by atoms with van der Waals surface area (Å²) in [4.78, 5) is 37.0. The van der Waals surface area contributed by atoms with Gasteiger partial charge < -0.3 is 30.2 Å². The number of carbonyl (C=O) groups is 3. The number of nitrogens with one attached hydrogen (secondary N) is 2. The van der Waals surface area contributed by atoms with Crippen molar-refractivity contribution in [3.8, 4) is 0 Å². The minimum Gasteiger partial charge on any atom is -0.481 e. The highest BCUT2D eigenvalue weighted by Crippen LogP contribution is 2.52. The Morgan fingerprint density at radius 3 is 2.35 bits per heavy atom. The summed E-state index contributed by atoms with van der Waals surface area (Å²) < 4.78 is 39.5. The molecule has 10 nitrogen and oxygen atoms in total. The summed E-state index contributed by atoms with van der Waals surface area (Å²) >= 11 is 0. The van der Waals surface area contributed by atoms with Gasteiger partial charge in [0.1, 0.15) is 11.9 Å². The van der Waals surface area contributed by atoms with Gasteiger partial charge in [0.15, 0.2) is 0 Å². The Balaban J connectivity index is 0.000000509. The van der Waals surface area contributed by atoms with E-state index >= 15 is 0 Å².